The van der Waals surface area contributed by atoms with Gasteiger partial charge in [0, 0.05) is 9.64 Å². The van der Waals surface area contributed by atoms with Gasteiger partial charge >= 0.3 is 0 Å². The molecule has 0 bridgehead atoms. The molecule has 2 aromatic carbocycles. The number of primary amides is 1. The van der Waals surface area contributed by atoms with Crippen molar-refractivity contribution in [3.63, 3.8) is 0 Å². The van der Waals surface area contributed by atoms with E-state index in [1.807, 2.05) is 22.6 Å². The largest absolute Gasteiger partial charge is 0.366 e. The van der Waals surface area contributed by atoms with Crippen molar-refractivity contribution in [1.29, 1.82) is 0 Å². The first-order chi connectivity index (χ1) is 9.90. The van der Waals surface area contributed by atoms with Crippen LogP contribution in [0.25, 0.3) is 0 Å². The van der Waals surface area contributed by atoms with Crippen molar-refractivity contribution >= 4 is 40.1 Å². The first kappa shape index (κ1) is 15.4. The average Bonchev–Trinajstić information content (AvgIpc) is 2.41. The summed E-state index contributed by atoms with van der Waals surface area (Å²) in [4.78, 5) is 23.1. The number of anilines is 1. The van der Waals surface area contributed by atoms with Gasteiger partial charge in [-0.1, -0.05) is 12.1 Å². The fraction of sp³-hybridized carbons (Fsp3) is 0. The molecule has 0 heterocycles. The summed E-state index contributed by atoms with van der Waals surface area (Å²) >= 11 is 1.96. The van der Waals surface area contributed by atoms with Gasteiger partial charge in [-0.25, -0.2) is 8.78 Å². The molecular weight excluding hydrogens is 393 g/mol. The maximum Gasteiger partial charge on any atom is 0.256 e. The Bertz CT molecular complexity index is 735. The van der Waals surface area contributed by atoms with Gasteiger partial charge in [0.15, 0.2) is 0 Å². The Morgan fingerprint density at radius 3 is 2.33 bits per heavy atom. The van der Waals surface area contributed by atoms with Gasteiger partial charge in [-0.15, -0.1) is 0 Å². The van der Waals surface area contributed by atoms with E-state index in [0.29, 0.717) is 15.2 Å². The van der Waals surface area contributed by atoms with E-state index in [0.717, 1.165) is 6.07 Å². The zero-order valence-corrected chi connectivity index (χ0v) is 12.6. The van der Waals surface area contributed by atoms with Gasteiger partial charge in [0.1, 0.15) is 11.6 Å². The molecule has 3 N–H and O–H groups in total. The van der Waals surface area contributed by atoms with Crippen molar-refractivity contribution in [2.45, 2.75) is 0 Å². The molecule has 2 aromatic rings. The molecule has 0 fully saturated rings. The Balaban J connectivity index is 2.36. The van der Waals surface area contributed by atoms with Crippen LogP contribution in [0.1, 0.15) is 20.7 Å². The summed E-state index contributed by atoms with van der Waals surface area (Å²) < 4.78 is 27.7. The van der Waals surface area contributed by atoms with Gasteiger partial charge in [0.25, 0.3) is 11.8 Å². The zero-order valence-electron chi connectivity index (χ0n) is 10.5. The van der Waals surface area contributed by atoms with Gasteiger partial charge in [0.05, 0.1) is 16.8 Å². The number of hydrogen-bond acceptors (Lipinski definition) is 2. The molecule has 0 saturated heterocycles. The monoisotopic (exact) mass is 402 g/mol. The Morgan fingerprint density at radius 1 is 1.05 bits per heavy atom. The molecule has 4 nitrogen and oxygen atoms in total. The Hall–Kier alpha value is -2.03. The van der Waals surface area contributed by atoms with Crippen LogP contribution in [0.3, 0.4) is 0 Å². The second-order valence-corrected chi connectivity index (χ2v) is 5.27. The number of halogens is 3. The van der Waals surface area contributed by atoms with Crippen molar-refractivity contribution in [3.05, 3.63) is 62.7 Å². The summed E-state index contributed by atoms with van der Waals surface area (Å²) in [6.45, 7) is 0. The number of nitrogens with two attached hydrogens (primary N) is 1. The van der Waals surface area contributed by atoms with Crippen LogP contribution in [0, 0.1) is 15.2 Å². The molecule has 0 atom stereocenters. The molecule has 2 amide bonds. The Kier molecular flexibility index (Phi) is 4.51. The van der Waals surface area contributed by atoms with Crippen LogP contribution in [0.2, 0.25) is 0 Å². The van der Waals surface area contributed by atoms with Crippen LogP contribution in [-0.4, -0.2) is 11.8 Å². The lowest BCUT2D eigenvalue weighted by atomic mass is 10.1. The van der Waals surface area contributed by atoms with Gasteiger partial charge in [-0.05, 0) is 40.8 Å². The predicted molar refractivity (Wildman–Crippen MR) is 82.0 cm³/mol. The number of carbonyl (C=O) groups is 2. The minimum atomic E-state index is -1.08. The van der Waals surface area contributed by atoms with Crippen molar-refractivity contribution in [2.75, 3.05) is 5.32 Å². The van der Waals surface area contributed by atoms with E-state index in [4.69, 9.17) is 5.73 Å². The number of nitrogens with one attached hydrogen (secondary N) is 1. The number of carbonyl (C=O) groups excluding carboxylic acids is 2. The summed E-state index contributed by atoms with van der Waals surface area (Å²) in [5.41, 5.74) is 4.52. The van der Waals surface area contributed by atoms with Crippen LogP contribution >= 0.6 is 22.6 Å². The minimum absolute atomic E-state index is 0.310. The van der Waals surface area contributed by atoms with Gasteiger partial charge in [0.2, 0.25) is 0 Å². The van der Waals surface area contributed by atoms with Gasteiger partial charge < -0.3 is 11.1 Å². The molecule has 0 saturated carbocycles. The predicted octanol–water partition coefficient (Wildman–Crippen LogP) is 2.92. The Morgan fingerprint density at radius 2 is 1.71 bits per heavy atom. The lowest BCUT2D eigenvalue weighted by molar-refractivity contribution is 0.0992. The highest BCUT2D eigenvalue weighted by molar-refractivity contribution is 14.1. The molecule has 0 aromatic heterocycles. The second-order valence-electron chi connectivity index (χ2n) is 4.11. The van der Waals surface area contributed by atoms with E-state index in [1.165, 1.54) is 0 Å². The van der Waals surface area contributed by atoms with Crippen LogP contribution < -0.4 is 11.1 Å². The second kappa shape index (κ2) is 6.17. The zero-order chi connectivity index (χ0) is 15.6. The maximum absolute atomic E-state index is 13.7. The van der Waals surface area contributed by atoms with Crippen LogP contribution in [0.5, 0.6) is 0 Å². The summed E-state index contributed by atoms with van der Waals surface area (Å²) in [7, 11) is 0. The van der Waals surface area contributed by atoms with E-state index in [9.17, 15) is 18.4 Å². The molecule has 0 radical (unpaired) electrons. The maximum atomic E-state index is 13.7. The summed E-state index contributed by atoms with van der Waals surface area (Å²) in [6.07, 6.45) is 0. The first-order valence-corrected chi connectivity index (χ1v) is 6.82. The van der Waals surface area contributed by atoms with Crippen LogP contribution in [0.4, 0.5) is 14.5 Å². The van der Waals surface area contributed by atoms with Crippen molar-refractivity contribution < 1.29 is 18.4 Å². The molecule has 0 spiro atoms. The number of hydrogen-bond donors (Lipinski definition) is 2. The molecule has 21 heavy (non-hydrogen) atoms. The topological polar surface area (TPSA) is 72.2 Å². The molecule has 0 aliphatic heterocycles. The van der Waals surface area contributed by atoms with Crippen molar-refractivity contribution in [2.24, 2.45) is 5.73 Å². The van der Waals surface area contributed by atoms with Crippen molar-refractivity contribution in [3.8, 4) is 0 Å². The molecule has 7 heteroatoms. The standard InChI is InChI=1S/C14H9F2IN2O2/c15-9-6-10(16)12(5-8(9)13(18)20)19-14(21)7-3-1-2-4-11(7)17/h1-6H,(H2,18,20)(H,19,21). The quantitative estimate of drug-likeness (QED) is 0.776. The van der Waals surface area contributed by atoms with E-state index in [2.05, 4.69) is 5.32 Å². The van der Waals surface area contributed by atoms with Crippen LogP contribution in [-0.2, 0) is 0 Å². The molecule has 108 valence electrons. The highest BCUT2D eigenvalue weighted by atomic mass is 127. The van der Waals surface area contributed by atoms with E-state index >= 15 is 0 Å². The lowest BCUT2D eigenvalue weighted by Gasteiger charge is -2.09. The number of rotatable bonds is 3. The van der Waals surface area contributed by atoms with Gasteiger partial charge in [-0.3, -0.25) is 9.59 Å². The SMILES string of the molecule is NC(=O)c1cc(NC(=O)c2ccccc2I)c(F)cc1F. The summed E-state index contributed by atoms with van der Waals surface area (Å²) in [5, 5.41) is 2.30. The third-order valence-corrected chi connectivity index (χ3v) is 3.63. The smallest absolute Gasteiger partial charge is 0.256 e. The highest BCUT2D eigenvalue weighted by Crippen LogP contribution is 2.21. The molecule has 0 aliphatic rings. The lowest BCUT2D eigenvalue weighted by Crippen LogP contribution is -2.17. The van der Waals surface area contributed by atoms with E-state index < -0.39 is 29.0 Å². The van der Waals surface area contributed by atoms with Crippen molar-refractivity contribution in [1.82, 2.24) is 0 Å². The van der Waals surface area contributed by atoms with E-state index in [1.54, 1.807) is 24.3 Å². The van der Waals surface area contributed by atoms with Gasteiger partial charge in [-0.2, -0.15) is 0 Å². The highest BCUT2D eigenvalue weighted by Gasteiger charge is 2.17. The van der Waals surface area contributed by atoms with E-state index in [-0.39, 0.29) is 5.69 Å². The average molecular weight is 402 g/mol. The third kappa shape index (κ3) is 3.35. The minimum Gasteiger partial charge on any atom is -0.366 e. The fourth-order valence-electron chi connectivity index (χ4n) is 1.67. The number of amides is 2. The number of benzene rings is 2. The Labute approximate surface area is 132 Å². The normalized spacial score (nSPS) is 10.2. The van der Waals surface area contributed by atoms with Crippen LogP contribution in [0.15, 0.2) is 36.4 Å². The molecular formula is C14H9F2IN2O2. The third-order valence-electron chi connectivity index (χ3n) is 2.69. The molecule has 0 aliphatic carbocycles. The fourth-order valence-corrected chi connectivity index (χ4v) is 2.30. The summed E-state index contributed by atoms with van der Waals surface area (Å²) in [5.74, 6) is -3.68. The first-order valence-electron chi connectivity index (χ1n) is 5.75. The molecule has 0 unspecified atom stereocenters. The summed E-state index contributed by atoms with van der Waals surface area (Å²) in [6, 6.07) is 8.07. The molecule has 2 rings (SSSR count).